The number of para-hydroxylation sites is 1. The van der Waals surface area contributed by atoms with Crippen LogP contribution in [-0.4, -0.2) is 24.0 Å². The average Bonchev–Trinajstić information content (AvgIpc) is 2.53. The molecule has 0 spiro atoms. The van der Waals surface area contributed by atoms with Crippen LogP contribution in [0.15, 0.2) is 66.7 Å². The maximum Gasteiger partial charge on any atom is 0.0870 e. The molecule has 2 aromatic carbocycles. The van der Waals surface area contributed by atoms with Crippen LogP contribution in [0.5, 0.6) is 0 Å². The van der Waals surface area contributed by atoms with Gasteiger partial charge in [0.1, 0.15) is 0 Å². The number of aromatic nitrogens is 1. The molecule has 0 N–H and O–H groups in total. The summed E-state index contributed by atoms with van der Waals surface area (Å²) in [6.07, 6.45) is 2.16. The Hall–Kier alpha value is -2.61. The van der Waals surface area contributed by atoms with Crippen molar-refractivity contribution < 1.29 is 0 Å². The van der Waals surface area contributed by atoms with Gasteiger partial charge in [-0.25, -0.2) is 4.98 Å². The summed E-state index contributed by atoms with van der Waals surface area (Å²) in [5, 5.41) is 1.17. The van der Waals surface area contributed by atoms with Gasteiger partial charge in [0.2, 0.25) is 0 Å². The molecule has 2 nitrogen and oxygen atoms in total. The summed E-state index contributed by atoms with van der Waals surface area (Å²) < 4.78 is 0. The minimum atomic E-state index is 0.988. The van der Waals surface area contributed by atoms with E-state index < -0.39 is 0 Å². The fourth-order valence-electron chi connectivity index (χ4n) is 2.35. The second-order valence-electron chi connectivity index (χ2n) is 5.22. The van der Waals surface area contributed by atoms with Gasteiger partial charge in [-0.15, -0.1) is 0 Å². The van der Waals surface area contributed by atoms with E-state index in [2.05, 4.69) is 47.4 Å². The lowest BCUT2D eigenvalue weighted by molar-refractivity contribution is 0.592. The van der Waals surface area contributed by atoms with E-state index in [0.29, 0.717) is 0 Å². The van der Waals surface area contributed by atoms with Gasteiger partial charge in [-0.3, -0.25) is 0 Å². The molecule has 0 fully saturated rings. The third kappa shape index (κ3) is 2.95. The lowest BCUT2D eigenvalue weighted by Gasteiger charge is -2.17. The smallest absolute Gasteiger partial charge is 0.0870 e. The first-order chi connectivity index (χ1) is 10.2. The second kappa shape index (κ2) is 5.80. The van der Waals surface area contributed by atoms with Crippen LogP contribution in [0.4, 0.5) is 0 Å². The molecular formula is C19H18N2. The van der Waals surface area contributed by atoms with Gasteiger partial charge in [-0.2, -0.15) is 0 Å². The highest BCUT2D eigenvalue weighted by Gasteiger charge is 2.07. The molecular weight excluding hydrogens is 256 g/mol. The topological polar surface area (TPSA) is 16.1 Å². The van der Waals surface area contributed by atoms with Crippen LogP contribution in [0.1, 0.15) is 11.3 Å². The van der Waals surface area contributed by atoms with Crippen molar-refractivity contribution in [1.82, 2.24) is 9.88 Å². The zero-order valence-corrected chi connectivity index (χ0v) is 12.3. The summed E-state index contributed by atoms with van der Waals surface area (Å²) in [5.74, 6) is 0. The zero-order valence-electron chi connectivity index (χ0n) is 12.3. The van der Waals surface area contributed by atoms with Crippen LogP contribution >= 0.6 is 0 Å². The Bertz CT molecular complexity index is 774. The van der Waals surface area contributed by atoms with E-state index >= 15 is 0 Å². The van der Waals surface area contributed by atoms with Crippen LogP contribution in [0.3, 0.4) is 0 Å². The lowest BCUT2D eigenvalue weighted by atomic mass is 10.1. The fourth-order valence-corrected chi connectivity index (χ4v) is 2.35. The van der Waals surface area contributed by atoms with E-state index in [0.717, 1.165) is 16.9 Å². The number of pyridine rings is 1. The van der Waals surface area contributed by atoms with Gasteiger partial charge in [0, 0.05) is 19.5 Å². The first-order valence-electron chi connectivity index (χ1n) is 7.04. The molecule has 0 unspecified atom stereocenters. The highest BCUT2D eigenvalue weighted by Crippen LogP contribution is 2.21. The molecule has 21 heavy (non-hydrogen) atoms. The standard InChI is InChI=1S/C19H18N2/c1-21(2)19(14-15-8-4-3-5-9-15)18-13-12-16-10-6-7-11-17(16)20-18/h3-14H,1-2H3. The molecule has 0 radical (unpaired) electrons. The third-order valence-electron chi connectivity index (χ3n) is 3.45. The summed E-state index contributed by atoms with van der Waals surface area (Å²) in [7, 11) is 4.09. The van der Waals surface area contributed by atoms with Crippen LogP contribution in [0, 0.1) is 0 Å². The molecule has 0 bridgehead atoms. The molecule has 3 aromatic rings. The number of benzene rings is 2. The van der Waals surface area contributed by atoms with Crippen molar-refractivity contribution in [2.45, 2.75) is 0 Å². The van der Waals surface area contributed by atoms with Gasteiger partial charge in [0.25, 0.3) is 0 Å². The second-order valence-corrected chi connectivity index (χ2v) is 5.22. The van der Waals surface area contributed by atoms with Gasteiger partial charge in [0.15, 0.2) is 0 Å². The van der Waals surface area contributed by atoms with Gasteiger partial charge in [-0.1, -0.05) is 54.6 Å². The summed E-state index contributed by atoms with van der Waals surface area (Å²) >= 11 is 0. The molecule has 0 atom stereocenters. The van der Waals surface area contributed by atoms with Crippen LogP contribution in [0.2, 0.25) is 0 Å². The summed E-state index contributed by atoms with van der Waals surface area (Å²) in [6.45, 7) is 0. The Morgan fingerprint density at radius 3 is 2.33 bits per heavy atom. The van der Waals surface area contributed by atoms with Crippen molar-refractivity contribution in [3.63, 3.8) is 0 Å². The minimum absolute atomic E-state index is 0.988. The number of hydrogen-bond acceptors (Lipinski definition) is 2. The van der Waals surface area contributed by atoms with Crippen molar-refractivity contribution in [2.24, 2.45) is 0 Å². The highest BCUT2D eigenvalue weighted by atomic mass is 15.1. The predicted molar refractivity (Wildman–Crippen MR) is 89.7 cm³/mol. The van der Waals surface area contributed by atoms with Crippen molar-refractivity contribution in [2.75, 3.05) is 14.1 Å². The van der Waals surface area contributed by atoms with E-state index in [4.69, 9.17) is 4.98 Å². The van der Waals surface area contributed by atoms with Crippen molar-refractivity contribution in [3.8, 4) is 0 Å². The summed E-state index contributed by atoms with van der Waals surface area (Å²) in [4.78, 5) is 6.88. The number of rotatable bonds is 3. The number of fused-ring (bicyclic) bond motifs is 1. The normalized spacial score (nSPS) is 11.6. The molecule has 1 heterocycles. The largest absolute Gasteiger partial charge is 0.376 e. The molecule has 3 rings (SSSR count). The van der Waals surface area contributed by atoms with E-state index in [1.807, 2.05) is 44.4 Å². The molecule has 104 valence electrons. The molecule has 0 aliphatic carbocycles. The molecule has 2 heteroatoms. The Morgan fingerprint density at radius 1 is 0.857 bits per heavy atom. The van der Waals surface area contributed by atoms with Crippen molar-refractivity contribution in [1.29, 1.82) is 0 Å². The molecule has 0 aliphatic rings. The first kappa shape index (κ1) is 13.4. The van der Waals surface area contributed by atoms with E-state index in [1.165, 1.54) is 10.9 Å². The maximum absolute atomic E-state index is 4.78. The first-order valence-corrected chi connectivity index (χ1v) is 7.04. The molecule has 0 saturated carbocycles. The third-order valence-corrected chi connectivity index (χ3v) is 3.45. The summed E-state index contributed by atoms with van der Waals surface area (Å²) in [6, 6.07) is 22.7. The molecule has 0 aliphatic heterocycles. The van der Waals surface area contributed by atoms with Gasteiger partial charge < -0.3 is 4.90 Å². The zero-order chi connectivity index (χ0) is 14.7. The monoisotopic (exact) mass is 274 g/mol. The quantitative estimate of drug-likeness (QED) is 0.708. The highest BCUT2D eigenvalue weighted by molar-refractivity contribution is 5.84. The van der Waals surface area contributed by atoms with Crippen LogP contribution in [-0.2, 0) is 0 Å². The predicted octanol–water partition coefficient (Wildman–Crippen LogP) is 4.29. The SMILES string of the molecule is CN(C)C(=Cc1ccccc1)c1ccc2ccccc2n1. The van der Waals surface area contributed by atoms with Crippen LogP contribution < -0.4 is 0 Å². The van der Waals surface area contributed by atoms with E-state index in [9.17, 15) is 0 Å². The van der Waals surface area contributed by atoms with Gasteiger partial charge in [0.05, 0.1) is 16.9 Å². The van der Waals surface area contributed by atoms with Crippen molar-refractivity contribution >= 4 is 22.7 Å². The summed E-state index contributed by atoms with van der Waals surface area (Å²) in [5.41, 5.74) is 4.29. The Morgan fingerprint density at radius 2 is 1.57 bits per heavy atom. The van der Waals surface area contributed by atoms with Gasteiger partial charge >= 0.3 is 0 Å². The fraction of sp³-hybridized carbons (Fsp3) is 0.105. The molecule has 1 aromatic heterocycles. The number of nitrogens with zero attached hydrogens (tertiary/aromatic N) is 2. The maximum atomic E-state index is 4.78. The average molecular weight is 274 g/mol. The Labute approximate surface area is 125 Å². The van der Waals surface area contributed by atoms with E-state index in [-0.39, 0.29) is 0 Å². The number of hydrogen-bond donors (Lipinski definition) is 0. The van der Waals surface area contributed by atoms with Crippen LogP contribution in [0.25, 0.3) is 22.7 Å². The lowest BCUT2D eigenvalue weighted by Crippen LogP contribution is -2.11. The van der Waals surface area contributed by atoms with Gasteiger partial charge in [-0.05, 0) is 23.8 Å². The minimum Gasteiger partial charge on any atom is -0.376 e. The molecule has 0 saturated heterocycles. The molecule has 0 amide bonds. The Kier molecular flexibility index (Phi) is 3.69. The Balaban J connectivity index is 2.09. The van der Waals surface area contributed by atoms with Crippen molar-refractivity contribution in [3.05, 3.63) is 78.0 Å². The van der Waals surface area contributed by atoms with E-state index in [1.54, 1.807) is 0 Å².